The lowest BCUT2D eigenvalue weighted by Gasteiger charge is -2.19. The van der Waals surface area contributed by atoms with Gasteiger partial charge in [-0.15, -0.1) is 11.8 Å². The van der Waals surface area contributed by atoms with Crippen LogP contribution in [0.25, 0.3) is 0 Å². The minimum atomic E-state index is 0.862. The summed E-state index contributed by atoms with van der Waals surface area (Å²) in [5.41, 5.74) is 1.44. The van der Waals surface area contributed by atoms with Crippen LogP contribution in [0.15, 0.2) is 29.2 Å². The number of thioether (sulfide) groups is 1. The summed E-state index contributed by atoms with van der Waals surface area (Å²) in [6, 6.07) is 8.81. The Balaban J connectivity index is 1.94. The van der Waals surface area contributed by atoms with Crippen LogP contribution in [0.4, 0.5) is 0 Å². The Bertz CT molecular complexity index is 311. The van der Waals surface area contributed by atoms with Crippen molar-refractivity contribution in [3.8, 4) is 0 Å². The third kappa shape index (κ3) is 3.55. The second-order valence-electron chi connectivity index (χ2n) is 4.85. The summed E-state index contributed by atoms with van der Waals surface area (Å²) in [6.07, 6.45) is 10.1. The average molecular weight is 234 g/mol. The molecule has 0 unspecified atom stereocenters. The molecule has 0 aromatic heterocycles. The average Bonchev–Trinajstić information content (AvgIpc) is 2.24. The minimum Gasteiger partial charge on any atom is -0.122 e. The molecule has 0 radical (unpaired) electrons. The van der Waals surface area contributed by atoms with Gasteiger partial charge in [0.05, 0.1) is 0 Å². The summed E-state index contributed by atoms with van der Waals surface area (Å²) in [4.78, 5) is 1.49. The molecule has 88 valence electrons. The Morgan fingerprint density at radius 2 is 1.56 bits per heavy atom. The highest BCUT2D eigenvalue weighted by Gasteiger charge is 2.13. The van der Waals surface area contributed by atoms with E-state index in [4.69, 9.17) is 0 Å². The Labute approximate surface area is 104 Å². The number of hydrogen-bond donors (Lipinski definition) is 0. The third-order valence-electron chi connectivity index (χ3n) is 3.44. The Morgan fingerprint density at radius 3 is 2.25 bits per heavy atom. The number of rotatable bonds is 2. The summed E-state index contributed by atoms with van der Waals surface area (Å²) in [5.74, 6) is 0. The van der Waals surface area contributed by atoms with Crippen molar-refractivity contribution in [3.63, 3.8) is 0 Å². The maximum atomic E-state index is 2.28. The molecule has 0 heterocycles. The SMILES string of the molecule is Cc1ccccc1SC1CCCCCCC1. The van der Waals surface area contributed by atoms with E-state index >= 15 is 0 Å². The van der Waals surface area contributed by atoms with E-state index in [1.807, 2.05) is 0 Å². The van der Waals surface area contributed by atoms with Crippen molar-refractivity contribution in [2.45, 2.75) is 62.0 Å². The second kappa shape index (κ2) is 6.34. The van der Waals surface area contributed by atoms with E-state index in [0.29, 0.717) is 0 Å². The molecule has 1 aromatic rings. The molecule has 1 saturated carbocycles. The Morgan fingerprint density at radius 1 is 0.938 bits per heavy atom. The van der Waals surface area contributed by atoms with E-state index in [-0.39, 0.29) is 0 Å². The first-order valence-electron chi connectivity index (χ1n) is 6.58. The van der Waals surface area contributed by atoms with Crippen LogP contribution in [0, 0.1) is 6.92 Å². The van der Waals surface area contributed by atoms with Crippen LogP contribution < -0.4 is 0 Å². The van der Waals surface area contributed by atoms with Gasteiger partial charge in [0.25, 0.3) is 0 Å². The molecule has 0 N–H and O–H groups in total. The van der Waals surface area contributed by atoms with Crippen LogP contribution >= 0.6 is 11.8 Å². The van der Waals surface area contributed by atoms with E-state index in [1.54, 1.807) is 0 Å². The number of aryl methyl sites for hydroxylation is 1. The Hall–Kier alpha value is -0.430. The molecule has 0 atom stereocenters. The summed E-state index contributed by atoms with van der Waals surface area (Å²) >= 11 is 2.11. The molecule has 1 aromatic carbocycles. The van der Waals surface area contributed by atoms with Crippen LogP contribution in [0.1, 0.15) is 50.5 Å². The number of benzene rings is 1. The summed E-state index contributed by atoms with van der Waals surface area (Å²) < 4.78 is 0. The van der Waals surface area contributed by atoms with E-state index in [2.05, 4.69) is 43.0 Å². The highest BCUT2D eigenvalue weighted by atomic mass is 32.2. The van der Waals surface area contributed by atoms with Gasteiger partial charge in [0.1, 0.15) is 0 Å². The van der Waals surface area contributed by atoms with Gasteiger partial charge in [-0.05, 0) is 31.4 Å². The van der Waals surface area contributed by atoms with Gasteiger partial charge in [0.2, 0.25) is 0 Å². The molecular formula is C15H22S. The van der Waals surface area contributed by atoms with Crippen molar-refractivity contribution in [1.29, 1.82) is 0 Å². The van der Waals surface area contributed by atoms with E-state index < -0.39 is 0 Å². The van der Waals surface area contributed by atoms with Gasteiger partial charge in [0, 0.05) is 10.1 Å². The van der Waals surface area contributed by atoms with E-state index in [0.717, 1.165) is 5.25 Å². The molecule has 1 heteroatoms. The molecule has 16 heavy (non-hydrogen) atoms. The fourth-order valence-electron chi connectivity index (χ4n) is 2.40. The number of hydrogen-bond acceptors (Lipinski definition) is 1. The molecule has 1 fully saturated rings. The van der Waals surface area contributed by atoms with Crippen molar-refractivity contribution < 1.29 is 0 Å². The molecule has 0 amide bonds. The zero-order valence-corrected chi connectivity index (χ0v) is 11.1. The minimum absolute atomic E-state index is 0.862. The normalized spacial score (nSPS) is 19.1. The second-order valence-corrected chi connectivity index (χ2v) is 6.19. The molecule has 0 aliphatic heterocycles. The predicted octanol–water partition coefficient (Wildman–Crippen LogP) is 5.20. The lowest BCUT2D eigenvalue weighted by Crippen LogP contribution is -2.05. The molecule has 1 aliphatic rings. The van der Waals surface area contributed by atoms with Crippen LogP contribution in [0.5, 0.6) is 0 Å². The smallest absolute Gasteiger partial charge is 0.0104 e. The first kappa shape index (κ1) is 12.0. The van der Waals surface area contributed by atoms with Gasteiger partial charge < -0.3 is 0 Å². The van der Waals surface area contributed by atoms with Crippen LogP contribution in [-0.4, -0.2) is 5.25 Å². The summed E-state index contributed by atoms with van der Waals surface area (Å²) in [6.45, 7) is 2.23. The fourth-order valence-corrected chi connectivity index (χ4v) is 3.74. The zero-order chi connectivity index (χ0) is 11.2. The third-order valence-corrected chi connectivity index (χ3v) is 4.96. The standard InChI is InChI=1S/C15H22S/c1-13-9-7-8-12-15(13)16-14-10-5-3-2-4-6-11-14/h7-9,12,14H,2-6,10-11H2,1H3. The molecule has 0 nitrogen and oxygen atoms in total. The maximum absolute atomic E-state index is 2.28. The highest BCUT2D eigenvalue weighted by Crippen LogP contribution is 2.33. The van der Waals surface area contributed by atoms with Gasteiger partial charge in [0.15, 0.2) is 0 Å². The summed E-state index contributed by atoms with van der Waals surface area (Å²) in [5, 5.41) is 0.862. The van der Waals surface area contributed by atoms with Crippen molar-refractivity contribution in [1.82, 2.24) is 0 Å². The highest BCUT2D eigenvalue weighted by molar-refractivity contribution is 8.00. The van der Waals surface area contributed by atoms with Gasteiger partial charge >= 0.3 is 0 Å². The van der Waals surface area contributed by atoms with E-state index in [9.17, 15) is 0 Å². The van der Waals surface area contributed by atoms with Gasteiger partial charge in [-0.25, -0.2) is 0 Å². The van der Waals surface area contributed by atoms with Crippen LogP contribution in [0.2, 0.25) is 0 Å². The lowest BCUT2D eigenvalue weighted by atomic mass is 10.0. The van der Waals surface area contributed by atoms with E-state index in [1.165, 1.54) is 55.4 Å². The van der Waals surface area contributed by atoms with Crippen molar-refractivity contribution >= 4 is 11.8 Å². The predicted molar refractivity (Wildman–Crippen MR) is 73.1 cm³/mol. The molecule has 0 spiro atoms. The molecular weight excluding hydrogens is 212 g/mol. The zero-order valence-electron chi connectivity index (χ0n) is 10.2. The first-order valence-corrected chi connectivity index (χ1v) is 7.46. The molecule has 0 saturated heterocycles. The molecule has 2 rings (SSSR count). The fraction of sp³-hybridized carbons (Fsp3) is 0.600. The van der Waals surface area contributed by atoms with Gasteiger partial charge in [-0.1, -0.05) is 50.3 Å². The van der Waals surface area contributed by atoms with Crippen LogP contribution in [0.3, 0.4) is 0 Å². The summed E-state index contributed by atoms with van der Waals surface area (Å²) in [7, 11) is 0. The van der Waals surface area contributed by atoms with Crippen LogP contribution in [-0.2, 0) is 0 Å². The molecule has 1 aliphatic carbocycles. The topological polar surface area (TPSA) is 0 Å². The first-order chi connectivity index (χ1) is 7.86. The quantitative estimate of drug-likeness (QED) is 0.677. The maximum Gasteiger partial charge on any atom is 0.0104 e. The lowest BCUT2D eigenvalue weighted by molar-refractivity contribution is 0.513. The molecule has 0 bridgehead atoms. The van der Waals surface area contributed by atoms with Gasteiger partial charge in [-0.2, -0.15) is 0 Å². The largest absolute Gasteiger partial charge is 0.122 e. The van der Waals surface area contributed by atoms with Crippen molar-refractivity contribution in [3.05, 3.63) is 29.8 Å². The van der Waals surface area contributed by atoms with Crippen molar-refractivity contribution in [2.75, 3.05) is 0 Å². The van der Waals surface area contributed by atoms with Crippen molar-refractivity contribution in [2.24, 2.45) is 0 Å². The Kier molecular flexibility index (Phi) is 4.77. The monoisotopic (exact) mass is 234 g/mol. The van der Waals surface area contributed by atoms with Gasteiger partial charge in [-0.3, -0.25) is 0 Å².